The highest BCUT2D eigenvalue weighted by Crippen LogP contribution is 2.64. The van der Waals surface area contributed by atoms with E-state index in [1.807, 2.05) is 6.07 Å². The zero-order valence-corrected chi connectivity index (χ0v) is 11.2. The molecule has 1 aromatic rings. The van der Waals surface area contributed by atoms with Crippen LogP contribution in [0.1, 0.15) is 25.8 Å². The summed E-state index contributed by atoms with van der Waals surface area (Å²) in [5, 5.41) is 0.578. The lowest BCUT2D eigenvalue weighted by molar-refractivity contribution is 0.501. The van der Waals surface area contributed by atoms with Crippen LogP contribution in [-0.2, 0) is 5.41 Å². The number of nitrogens with two attached hydrogens (primary N) is 1. The van der Waals surface area contributed by atoms with Crippen LogP contribution in [0.3, 0.4) is 0 Å². The predicted molar refractivity (Wildman–Crippen MR) is 66.1 cm³/mol. The van der Waals surface area contributed by atoms with Crippen molar-refractivity contribution in [1.82, 2.24) is 4.98 Å². The first-order chi connectivity index (χ1) is 6.93. The van der Waals surface area contributed by atoms with E-state index in [4.69, 9.17) is 17.3 Å². The van der Waals surface area contributed by atoms with Crippen molar-refractivity contribution >= 4 is 27.5 Å². The highest BCUT2D eigenvalue weighted by atomic mass is 79.9. The summed E-state index contributed by atoms with van der Waals surface area (Å²) < 4.78 is 0.956. The standard InChI is InChI=1S/C11H14BrClN2/c1-10(2)5-11(10,6-14)8-3-7(12)4-15-9(8)13/h3-4H,5-6,14H2,1-2H3. The van der Waals surface area contributed by atoms with Gasteiger partial charge in [0.25, 0.3) is 0 Å². The molecule has 2 rings (SSSR count). The third-order valence-electron chi connectivity index (χ3n) is 3.58. The van der Waals surface area contributed by atoms with Crippen LogP contribution in [0.5, 0.6) is 0 Å². The lowest BCUT2D eigenvalue weighted by Gasteiger charge is -2.20. The minimum atomic E-state index is 0.0147. The Morgan fingerprint density at radius 1 is 1.60 bits per heavy atom. The number of nitrogens with zero attached hydrogens (tertiary/aromatic N) is 1. The quantitative estimate of drug-likeness (QED) is 0.850. The van der Waals surface area contributed by atoms with Gasteiger partial charge in [-0.1, -0.05) is 25.4 Å². The first kappa shape index (κ1) is 11.4. The van der Waals surface area contributed by atoms with Gasteiger partial charge >= 0.3 is 0 Å². The average molecular weight is 290 g/mol. The van der Waals surface area contributed by atoms with Gasteiger partial charge in [-0.05, 0) is 39.4 Å². The Morgan fingerprint density at radius 2 is 2.20 bits per heavy atom. The van der Waals surface area contributed by atoms with Crippen LogP contribution in [0.2, 0.25) is 5.15 Å². The molecule has 0 saturated heterocycles. The number of halogens is 2. The Bertz CT molecular complexity index is 406. The second-order valence-corrected chi connectivity index (χ2v) is 6.11. The lowest BCUT2D eigenvalue weighted by Crippen LogP contribution is -2.26. The molecule has 15 heavy (non-hydrogen) atoms. The monoisotopic (exact) mass is 288 g/mol. The van der Waals surface area contributed by atoms with Gasteiger partial charge in [0, 0.05) is 22.6 Å². The molecule has 1 unspecified atom stereocenters. The molecule has 0 amide bonds. The van der Waals surface area contributed by atoms with Gasteiger partial charge in [-0.2, -0.15) is 0 Å². The van der Waals surface area contributed by atoms with Gasteiger partial charge in [-0.25, -0.2) is 4.98 Å². The molecule has 1 aliphatic rings. The lowest BCUT2D eigenvalue weighted by atomic mass is 9.89. The second kappa shape index (κ2) is 3.44. The normalized spacial score (nSPS) is 27.8. The van der Waals surface area contributed by atoms with E-state index in [1.54, 1.807) is 6.20 Å². The van der Waals surface area contributed by atoms with Gasteiger partial charge in [0.2, 0.25) is 0 Å². The molecule has 4 heteroatoms. The maximum absolute atomic E-state index is 6.14. The molecule has 0 spiro atoms. The van der Waals surface area contributed by atoms with Crippen LogP contribution in [-0.4, -0.2) is 11.5 Å². The van der Waals surface area contributed by atoms with Crippen molar-refractivity contribution in [3.8, 4) is 0 Å². The summed E-state index contributed by atoms with van der Waals surface area (Å²) >= 11 is 9.56. The largest absolute Gasteiger partial charge is 0.330 e. The second-order valence-electron chi connectivity index (χ2n) is 4.84. The Labute approximate surface area is 103 Å². The summed E-state index contributed by atoms with van der Waals surface area (Å²) in [6.07, 6.45) is 2.79. The Kier molecular flexibility index (Phi) is 2.61. The van der Waals surface area contributed by atoms with E-state index in [-0.39, 0.29) is 10.8 Å². The maximum Gasteiger partial charge on any atom is 0.132 e. The van der Waals surface area contributed by atoms with E-state index in [1.165, 1.54) is 0 Å². The molecule has 82 valence electrons. The zero-order valence-electron chi connectivity index (χ0n) is 8.85. The molecule has 1 fully saturated rings. The first-order valence-corrected chi connectivity index (χ1v) is 6.12. The maximum atomic E-state index is 6.14. The molecule has 1 saturated carbocycles. The molecule has 1 aromatic heterocycles. The van der Waals surface area contributed by atoms with Crippen molar-refractivity contribution in [2.45, 2.75) is 25.7 Å². The minimum Gasteiger partial charge on any atom is -0.330 e. The molecule has 0 radical (unpaired) electrons. The third kappa shape index (κ3) is 1.61. The average Bonchev–Trinajstić information content (AvgIpc) is 2.74. The van der Waals surface area contributed by atoms with Crippen LogP contribution < -0.4 is 5.73 Å². The fourth-order valence-corrected chi connectivity index (χ4v) is 3.00. The van der Waals surface area contributed by atoms with E-state index in [9.17, 15) is 0 Å². The molecule has 2 nitrogen and oxygen atoms in total. The van der Waals surface area contributed by atoms with Crippen LogP contribution in [0.4, 0.5) is 0 Å². The fourth-order valence-electron chi connectivity index (χ4n) is 2.39. The summed E-state index contributed by atoms with van der Waals surface area (Å²) in [6, 6.07) is 2.04. The van der Waals surface area contributed by atoms with E-state index in [0.717, 1.165) is 16.5 Å². The SMILES string of the molecule is CC1(C)CC1(CN)c1cc(Br)cnc1Cl. The molecule has 1 heterocycles. The molecule has 0 aliphatic heterocycles. The molecule has 0 aromatic carbocycles. The molecule has 0 bridgehead atoms. The van der Waals surface area contributed by atoms with Crippen LogP contribution >= 0.6 is 27.5 Å². The summed E-state index contributed by atoms with van der Waals surface area (Å²) in [4.78, 5) is 4.16. The van der Waals surface area contributed by atoms with Gasteiger partial charge in [-0.15, -0.1) is 0 Å². The fraction of sp³-hybridized carbons (Fsp3) is 0.545. The number of aromatic nitrogens is 1. The molecule has 1 aliphatic carbocycles. The Morgan fingerprint density at radius 3 is 2.67 bits per heavy atom. The number of hydrogen-bond acceptors (Lipinski definition) is 2. The van der Waals surface area contributed by atoms with Gasteiger partial charge < -0.3 is 5.73 Å². The van der Waals surface area contributed by atoms with Crippen molar-refractivity contribution in [1.29, 1.82) is 0 Å². The van der Waals surface area contributed by atoms with Crippen LogP contribution in [0.25, 0.3) is 0 Å². The van der Waals surface area contributed by atoms with Crippen molar-refractivity contribution in [3.63, 3.8) is 0 Å². The zero-order chi connectivity index (χ0) is 11.3. The Hall–Kier alpha value is -0.120. The van der Waals surface area contributed by atoms with E-state index >= 15 is 0 Å². The summed E-state index contributed by atoms with van der Waals surface area (Å²) in [5.41, 5.74) is 7.21. The number of pyridine rings is 1. The predicted octanol–water partition coefficient (Wildman–Crippen LogP) is 3.12. The Balaban J connectivity index is 2.50. The summed E-state index contributed by atoms with van der Waals surface area (Å²) in [6.45, 7) is 5.06. The van der Waals surface area contributed by atoms with Gasteiger partial charge in [0.1, 0.15) is 5.15 Å². The first-order valence-electron chi connectivity index (χ1n) is 4.94. The highest BCUT2D eigenvalue weighted by molar-refractivity contribution is 9.10. The van der Waals surface area contributed by atoms with Crippen LogP contribution in [0.15, 0.2) is 16.7 Å². The topological polar surface area (TPSA) is 38.9 Å². The highest BCUT2D eigenvalue weighted by Gasteiger charge is 2.61. The number of rotatable bonds is 2. The van der Waals surface area contributed by atoms with Crippen LogP contribution in [0, 0.1) is 5.41 Å². The minimum absolute atomic E-state index is 0.0147. The van der Waals surface area contributed by atoms with Gasteiger partial charge in [0.15, 0.2) is 0 Å². The third-order valence-corrected chi connectivity index (χ3v) is 4.32. The van der Waals surface area contributed by atoms with Gasteiger partial charge in [0.05, 0.1) is 0 Å². The van der Waals surface area contributed by atoms with Crippen molar-refractivity contribution < 1.29 is 0 Å². The molecular weight excluding hydrogens is 275 g/mol. The molecular formula is C11H14BrClN2. The van der Waals surface area contributed by atoms with E-state index in [2.05, 4.69) is 34.8 Å². The van der Waals surface area contributed by atoms with Crippen molar-refractivity contribution in [2.75, 3.05) is 6.54 Å². The van der Waals surface area contributed by atoms with E-state index in [0.29, 0.717) is 11.7 Å². The smallest absolute Gasteiger partial charge is 0.132 e. The van der Waals surface area contributed by atoms with Crippen molar-refractivity contribution in [3.05, 3.63) is 27.5 Å². The number of hydrogen-bond donors (Lipinski definition) is 1. The van der Waals surface area contributed by atoms with E-state index < -0.39 is 0 Å². The van der Waals surface area contributed by atoms with Gasteiger partial charge in [-0.3, -0.25) is 0 Å². The molecule has 2 N–H and O–H groups in total. The summed E-state index contributed by atoms with van der Waals surface area (Å²) in [5.74, 6) is 0. The van der Waals surface area contributed by atoms with Crippen molar-refractivity contribution in [2.24, 2.45) is 11.1 Å². The molecule has 1 atom stereocenters. The summed E-state index contributed by atoms with van der Waals surface area (Å²) in [7, 11) is 0.